The number of hydrogen-bond acceptors (Lipinski definition) is 5. The van der Waals surface area contributed by atoms with E-state index in [4.69, 9.17) is 31.5 Å². The summed E-state index contributed by atoms with van der Waals surface area (Å²) in [6.07, 6.45) is 0. The second-order valence-corrected chi connectivity index (χ2v) is 5.24. The number of esters is 1. The average Bonchev–Trinajstić information content (AvgIpc) is 3.02. The topological polar surface area (TPSA) is 87.9 Å². The van der Waals surface area contributed by atoms with Crippen LogP contribution in [0.5, 0.6) is 11.5 Å². The molecule has 2 N–H and O–H groups in total. The van der Waals surface area contributed by atoms with Crippen molar-refractivity contribution < 1.29 is 23.8 Å². The van der Waals surface area contributed by atoms with Gasteiger partial charge in [-0.1, -0.05) is 11.6 Å². The summed E-state index contributed by atoms with van der Waals surface area (Å²) >= 11 is 6.06. The lowest BCUT2D eigenvalue weighted by Crippen LogP contribution is -2.11. The minimum atomic E-state index is -0.556. The molecule has 1 aliphatic rings. The third-order valence-electron chi connectivity index (χ3n) is 3.26. The molecular formula is C16H12ClNO5. The van der Waals surface area contributed by atoms with Crippen molar-refractivity contribution in [2.75, 3.05) is 6.79 Å². The van der Waals surface area contributed by atoms with Crippen LogP contribution in [0.4, 0.5) is 0 Å². The van der Waals surface area contributed by atoms with E-state index in [0.717, 1.165) is 0 Å². The molecule has 0 saturated carbocycles. The van der Waals surface area contributed by atoms with Crippen LogP contribution in [0.3, 0.4) is 0 Å². The summed E-state index contributed by atoms with van der Waals surface area (Å²) in [6.45, 7) is 0.150. The van der Waals surface area contributed by atoms with E-state index in [-0.39, 0.29) is 13.4 Å². The molecule has 6 nitrogen and oxygen atoms in total. The fourth-order valence-electron chi connectivity index (χ4n) is 2.11. The molecule has 1 heterocycles. The lowest BCUT2D eigenvalue weighted by Gasteiger charge is -2.07. The van der Waals surface area contributed by atoms with Crippen LogP contribution < -0.4 is 15.2 Å². The van der Waals surface area contributed by atoms with E-state index in [0.29, 0.717) is 33.2 Å². The summed E-state index contributed by atoms with van der Waals surface area (Å²) in [5.74, 6) is -0.0622. The zero-order chi connectivity index (χ0) is 16.4. The molecule has 0 unspecified atom stereocenters. The van der Waals surface area contributed by atoms with Crippen molar-refractivity contribution in [3.8, 4) is 11.5 Å². The molecular weight excluding hydrogens is 322 g/mol. The number of amides is 1. The average molecular weight is 334 g/mol. The van der Waals surface area contributed by atoms with Gasteiger partial charge in [0.2, 0.25) is 12.7 Å². The minimum Gasteiger partial charge on any atom is -0.457 e. The first-order valence-corrected chi connectivity index (χ1v) is 7.07. The maximum absolute atomic E-state index is 12.0. The first-order valence-electron chi connectivity index (χ1n) is 6.69. The Balaban J connectivity index is 1.67. The number of carbonyl (C=O) groups is 2. The highest BCUT2D eigenvalue weighted by molar-refractivity contribution is 6.32. The number of hydrogen-bond donors (Lipinski definition) is 1. The Hall–Kier alpha value is -2.73. The first kappa shape index (κ1) is 15.2. The van der Waals surface area contributed by atoms with Gasteiger partial charge in [-0.3, -0.25) is 4.79 Å². The van der Waals surface area contributed by atoms with Crippen LogP contribution in [-0.4, -0.2) is 18.7 Å². The second kappa shape index (κ2) is 6.18. The Morgan fingerprint density at radius 1 is 1.13 bits per heavy atom. The molecule has 0 aliphatic carbocycles. The number of nitrogens with two attached hydrogens (primary N) is 1. The Morgan fingerprint density at radius 3 is 2.52 bits per heavy atom. The number of rotatable bonds is 4. The van der Waals surface area contributed by atoms with Gasteiger partial charge < -0.3 is 19.9 Å². The molecule has 2 aromatic rings. The zero-order valence-electron chi connectivity index (χ0n) is 11.9. The van der Waals surface area contributed by atoms with Gasteiger partial charge in [-0.15, -0.1) is 0 Å². The van der Waals surface area contributed by atoms with Gasteiger partial charge in [-0.2, -0.15) is 0 Å². The molecule has 0 radical (unpaired) electrons. The summed E-state index contributed by atoms with van der Waals surface area (Å²) < 4.78 is 15.7. The Morgan fingerprint density at radius 2 is 1.83 bits per heavy atom. The predicted octanol–water partition coefficient (Wildman–Crippen LogP) is 2.52. The maximum atomic E-state index is 12.0. The zero-order valence-corrected chi connectivity index (χ0v) is 12.6. The van der Waals surface area contributed by atoms with Gasteiger partial charge in [0, 0.05) is 5.56 Å². The van der Waals surface area contributed by atoms with Gasteiger partial charge in [0.1, 0.15) is 6.61 Å². The smallest absolute Gasteiger partial charge is 0.338 e. The molecule has 23 heavy (non-hydrogen) atoms. The van der Waals surface area contributed by atoms with Crippen molar-refractivity contribution >= 4 is 23.5 Å². The number of benzene rings is 2. The summed E-state index contributed by atoms with van der Waals surface area (Å²) in [6, 6.07) is 9.26. The standard InChI is InChI=1S/C16H12ClNO5/c17-12-5-9(6-13-14(12)23-8-22-13)7-21-16(20)11-3-1-10(2-4-11)15(18)19/h1-6H,7-8H2,(H2,18,19). The molecule has 0 bridgehead atoms. The van der Waals surface area contributed by atoms with Gasteiger partial charge in [-0.25, -0.2) is 4.79 Å². The quantitative estimate of drug-likeness (QED) is 0.869. The molecule has 0 saturated heterocycles. The van der Waals surface area contributed by atoms with Crippen LogP contribution in [0.2, 0.25) is 5.02 Å². The predicted molar refractivity (Wildman–Crippen MR) is 81.7 cm³/mol. The third kappa shape index (κ3) is 3.22. The molecule has 3 rings (SSSR count). The highest BCUT2D eigenvalue weighted by atomic mass is 35.5. The largest absolute Gasteiger partial charge is 0.457 e. The minimum absolute atomic E-state index is 0.0345. The fraction of sp³-hybridized carbons (Fsp3) is 0.125. The van der Waals surface area contributed by atoms with E-state index in [1.165, 1.54) is 24.3 Å². The Labute approximate surface area is 136 Å². The SMILES string of the molecule is NC(=O)c1ccc(C(=O)OCc2cc(Cl)c3c(c2)OCO3)cc1. The number of halogens is 1. The van der Waals surface area contributed by atoms with E-state index in [9.17, 15) is 9.59 Å². The summed E-state index contributed by atoms with van der Waals surface area (Å²) in [4.78, 5) is 23.0. The molecule has 2 aromatic carbocycles. The van der Waals surface area contributed by atoms with Crippen LogP contribution in [0.25, 0.3) is 0 Å². The van der Waals surface area contributed by atoms with Gasteiger partial charge >= 0.3 is 5.97 Å². The van der Waals surface area contributed by atoms with E-state index in [2.05, 4.69) is 0 Å². The molecule has 0 fully saturated rings. The lowest BCUT2D eigenvalue weighted by atomic mass is 10.1. The first-order chi connectivity index (χ1) is 11.0. The second-order valence-electron chi connectivity index (χ2n) is 4.83. The van der Waals surface area contributed by atoms with Crippen molar-refractivity contribution in [3.05, 3.63) is 58.1 Å². The van der Waals surface area contributed by atoms with Crippen LogP contribution in [0.1, 0.15) is 26.3 Å². The van der Waals surface area contributed by atoms with E-state index >= 15 is 0 Å². The molecule has 7 heteroatoms. The lowest BCUT2D eigenvalue weighted by molar-refractivity contribution is 0.0472. The number of ether oxygens (including phenoxy) is 3. The van der Waals surface area contributed by atoms with Crippen LogP contribution in [0, 0.1) is 0 Å². The van der Waals surface area contributed by atoms with Crippen molar-refractivity contribution in [1.82, 2.24) is 0 Å². The van der Waals surface area contributed by atoms with Gasteiger partial charge in [0.15, 0.2) is 11.5 Å². The van der Waals surface area contributed by atoms with E-state index in [1.807, 2.05) is 0 Å². The monoisotopic (exact) mass is 333 g/mol. The van der Waals surface area contributed by atoms with Gasteiger partial charge in [0.05, 0.1) is 10.6 Å². The third-order valence-corrected chi connectivity index (χ3v) is 3.54. The molecule has 118 valence electrons. The fourth-order valence-corrected chi connectivity index (χ4v) is 2.39. The number of primary amides is 1. The molecule has 1 amide bonds. The summed E-state index contributed by atoms with van der Waals surface area (Å²) in [5.41, 5.74) is 6.47. The highest BCUT2D eigenvalue weighted by Crippen LogP contribution is 2.39. The number of fused-ring (bicyclic) bond motifs is 1. The molecule has 0 spiro atoms. The highest BCUT2D eigenvalue weighted by Gasteiger charge is 2.19. The van der Waals surface area contributed by atoms with Crippen LogP contribution in [-0.2, 0) is 11.3 Å². The molecule has 0 aromatic heterocycles. The molecule has 0 atom stereocenters. The van der Waals surface area contributed by atoms with Gasteiger partial charge in [-0.05, 0) is 42.0 Å². The van der Waals surface area contributed by atoms with Crippen molar-refractivity contribution in [3.63, 3.8) is 0 Å². The summed E-state index contributed by atoms with van der Waals surface area (Å²) in [5, 5.41) is 0.400. The maximum Gasteiger partial charge on any atom is 0.338 e. The molecule has 1 aliphatic heterocycles. The Kier molecular flexibility index (Phi) is 4.08. The van der Waals surface area contributed by atoms with E-state index in [1.54, 1.807) is 12.1 Å². The van der Waals surface area contributed by atoms with Crippen molar-refractivity contribution in [1.29, 1.82) is 0 Å². The van der Waals surface area contributed by atoms with Crippen LogP contribution in [0.15, 0.2) is 36.4 Å². The van der Waals surface area contributed by atoms with Gasteiger partial charge in [0.25, 0.3) is 0 Å². The Bertz CT molecular complexity index is 773. The summed E-state index contributed by atoms with van der Waals surface area (Å²) in [7, 11) is 0. The van der Waals surface area contributed by atoms with Crippen molar-refractivity contribution in [2.24, 2.45) is 5.73 Å². The number of carbonyl (C=O) groups excluding carboxylic acids is 2. The van der Waals surface area contributed by atoms with Crippen LogP contribution >= 0.6 is 11.6 Å². The van der Waals surface area contributed by atoms with Crippen molar-refractivity contribution in [2.45, 2.75) is 6.61 Å². The normalized spacial score (nSPS) is 12.0. The van der Waals surface area contributed by atoms with E-state index < -0.39 is 11.9 Å².